The van der Waals surface area contributed by atoms with Gasteiger partial charge in [-0.05, 0) is 67.4 Å². The minimum absolute atomic E-state index is 0.389. The standard InChI is InChI=1S/C18H26N2/c1-16-7-14-8-17(2,11-16)13-18(9-14,12-16)20-10-15-5-3-4-6-19-15/h3-6,14,20H,7-13H2,1-2H3/t14?,16-,17-,18?/m1/s1. The van der Waals surface area contributed by atoms with E-state index in [0.29, 0.717) is 16.4 Å². The van der Waals surface area contributed by atoms with Crippen LogP contribution in [0.3, 0.4) is 0 Å². The number of nitrogens with zero attached hydrogens (tertiary/aromatic N) is 1. The third-order valence-corrected chi connectivity index (χ3v) is 6.00. The first kappa shape index (κ1) is 12.8. The van der Waals surface area contributed by atoms with Crippen molar-refractivity contribution in [1.82, 2.24) is 10.3 Å². The van der Waals surface area contributed by atoms with Gasteiger partial charge < -0.3 is 5.32 Å². The second-order valence-corrected chi connectivity index (χ2v) is 8.59. The van der Waals surface area contributed by atoms with Gasteiger partial charge in [-0.1, -0.05) is 19.9 Å². The Bertz CT molecular complexity index is 491. The zero-order valence-corrected chi connectivity index (χ0v) is 12.8. The lowest BCUT2D eigenvalue weighted by Gasteiger charge is -2.65. The summed E-state index contributed by atoms with van der Waals surface area (Å²) in [5.74, 6) is 0.956. The normalized spacial score (nSPS) is 45.8. The highest BCUT2D eigenvalue weighted by Crippen LogP contribution is 2.66. The van der Waals surface area contributed by atoms with E-state index >= 15 is 0 Å². The van der Waals surface area contributed by atoms with Gasteiger partial charge in [0.1, 0.15) is 0 Å². The van der Waals surface area contributed by atoms with Gasteiger partial charge >= 0.3 is 0 Å². The molecule has 4 fully saturated rings. The molecule has 4 aliphatic carbocycles. The zero-order chi connectivity index (χ0) is 13.8. The SMILES string of the molecule is C[C@]12CC3CC(NCc4ccccn4)(C1)C[C@](C)(C3)C2. The maximum absolute atomic E-state index is 4.47. The van der Waals surface area contributed by atoms with Gasteiger partial charge in [0.05, 0.1) is 5.69 Å². The van der Waals surface area contributed by atoms with Gasteiger partial charge in [-0.3, -0.25) is 4.98 Å². The van der Waals surface area contributed by atoms with Crippen molar-refractivity contribution >= 4 is 0 Å². The molecule has 0 saturated heterocycles. The first-order valence-corrected chi connectivity index (χ1v) is 8.13. The number of pyridine rings is 1. The van der Waals surface area contributed by atoms with Crippen LogP contribution in [0.15, 0.2) is 24.4 Å². The Kier molecular flexibility index (Phi) is 2.61. The fraction of sp³-hybridized carbons (Fsp3) is 0.722. The van der Waals surface area contributed by atoms with E-state index in [2.05, 4.69) is 36.3 Å². The molecule has 2 nitrogen and oxygen atoms in total. The number of rotatable bonds is 3. The Hall–Kier alpha value is -0.890. The van der Waals surface area contributed by atoms with Gasteiger partial charge in [0.15, 0.2) is 0 Å². The maximum Gasteiger partial charge on any atom is 0.0541 e. The summed E-state index contributed by atoms with van der Waals surface area (Å²) < 4.78 is 0. The predicted octanol–water partition coefficient (Wildman–Crippen LogP) is 3.92. The largest absolute Gasteiger partial charge is 0.306 e. The second-order valence-electron chi connectivity index (χ2n) is 8.59. The summed E-state index contributed by atoms with van der Waals surface area (Å²) in [5, 5.41) is 3.93. The van der Waals surface area contributed by atoms with Crippen molar-refractivity contribution in [2.24, 2.45) is 16.7 Å². The molecule has 0 aromatic carbocycles. The Balaban J connectivity index is 1.55. The van der Waals surface area contributed by atoms with Gasteiger partial charge in [-0.15, -0.1) is 0 Å². The highest BCUT2D eigenvalue weighted by Gasteiger charge is 2.59. The van der Waals surface area contributed by atoms with E-state index < -0.39 is 0 Å². The number of nitrogens with one attached hydrogen (secondary N) is 1. The molecular formula is C18H26N2. The minimum atomic E-state index is 0.389. The Labute approximate surface area is 122 Å². The molecule has 4 saturated carbocycles. The average Bonchev–Trinajstić information content (AvgIpc) is 2.33. The molecule has 0 aliphatic heterocycles. The van der Waals surface area contributed by atoms with Crippen molar-refractivity contribution in [1.29, 1.82) is 0 Å². The highest BCUT2D eigenvalue weighted by atomic mass is 15.0. The topological polar surface area (TPSA) is 24.9 Å². The molecule has 1 N–H and O–H groups in total. The summed E-state index contributed by atoms with van der Waals surface area (Å²) in [5.41, 5.74) is 2.75. The quantitative estimate of drug-likeness (QED) is 0.900. The maximum atomic E-state index is 4.47. The molecule has 4 aliphatic rings. The molecule has 0 spiro atoms. The Morgan fingerprint density at radius 2 is 1.85 bits per heavy atom. The van der Waals surface area contributed by atoms with Crippen LogP contribution in [0.1, 0.15) is 58.1 Å². The lowest BCUT2D eigenvalue weighted by Crippen LogP contribution is -2.63. The second kappa shape index (κ2) is 4.07. The minimum Gasteiger partial charge on any atom is -0.306 e. The summed E-state index contributed by atoms with van der Waals surface area (Å²) in [4.78, 5) is 4.47. The fourth-order valence-corrected chi connectivity index (χ4v) is 6.43. The van der Waals surface area contributed by atoms with Crippen LogP contribution in [0.5, 0.6) is 0 Å². The van der Waals surface area contributed by atoms with Gasteiger partial charge in [-0.25, -0.2) is 0 Å². The van der Waals surface area contributed by atoms with Crippen molar-refractivity contribution in [3.05, 3.63) is 30.1 Å². The first-order chi connectivity index (χ1) is 9.49. The monoisotopic (exact) mass is 270 g/mol. The van der Waals surface area contributed by atoms with E-state index in [0.717, 1.165) is 12.5 Å². The van der Waals surface area contributed by atoms with E-state index in [1.807, 2.05) is 12.3 Å². The number of aromatic nitrogens is 1. The third kappa shape index (κ3) is 2.09. The molecule has 4 bridgehead atoms. The molecular weight excluding hydrogens is 244 g/mol. The van der Waals surface area contributed by atoms with Crippen LogP contribution in [0.4, 0.5) is 0 Å². The lowest BCUT2D eigenvalue weighted by molar-refractivity contribution is -0.118. The van der Waals surface area contributed by atoms with E-state index in [4.69, 9.17) is 0 Å². The van der Waals surface area contributed by atoms with E-state index in [9.17, 15) is 0 Å². The number of hydrogen-bond donors (Lipinski definition) is 1. The average molecular weight is 270 g/mol. The molecule has 0 unspecified atom stereocenters. The summed E-state index contributed by atoms with van der Waals surface area (Å²) >= 11 is 0. The van der Waals surface area contributed by atoms with Crippen molar-refractivity contribution < 1.29 is 0 Å². The molecule has 1 aromatic rings. The molecule has 2 atom stereocenters. The summed E-state index contributed by atoms with van der Waals surface area (Å²) in [6.45, 7) is 6.00. The van der Waals surface area contributed by atoms with Crippen LogP contribution in [0.2, 0.25) is 0 Å². The lowest BCUT2D eigenvalue weighted by atomic mass is 9.43. The van der Waals surface area contributed by atoms with Crippen molar-refractivity contribution in [2.45, 2.75) is 64.5 Å². The van der Waals surface area contributed by atoms with Crippen molar-refractivity contribution in [3.63, 3.8) is 0 Å². The fourth-order valence-electron chi connectivity index (χ4n) is 6.43. The van der Waals surface area contributed by atoms with Gasteiger partial charge in [0.2, 0.25) is 0 Å². The van der Waals surface area contributed by atoms with E-state index in [-0.39, 0.29) is 0 Å². The Morgan fingerprint density at radius 1 is 1.10 bits per heavy atom. The third-order valence-electron chi connectivity index (χ3n) is 6.00. The van der Waals surface area contributed by atoms with Gasteiger partial charge in [0, 0.05) is 18.3 Å². The molecule has 108 valence electrons. The van der Waals surface area contributed by atoms with Crippen molar-refractivity contribution in [3.8, 4) is 0 Å². The molecule has 1 heterocycles. The van der Waals surface area contributed by atoms with Gasteiger partial charge in [-0.2, -0.15) is 0 Å². The first-order valence-electron chi connectivity index (χ1n) is 8.13. The molecule has 20 heavy (non-hydrogen) atoms. The zero-order valence-electron chi connectivity index (χ0n) is 12.8. The molecule has 1 aromatic heterocycles. The van der Waals surface area contributed by atoms with Crippen LogP contribution in [-0.4, -0.2) is 10.5 Å². The summed E-state index contributed by atoms with van der Waals surface area (Å²) in [7, 11) is 0. The van der Waals surface area contributed by atoms with Crippen LogP contribution in [0.25, 0.3) is 0 Å². The van der Waals surface area contributed by atoms with Crippen molar-refractivity contribution in [2.75, 3.05) is 0 Å². The molecule has 5 rings (SSSR count). The van der Waals surface area contributed by atoms with E-state index in [1.165, 1.54) is 44.2 Å². The predicted molar refractivity (Wildman–Crippen MR) is 81.2 cm³/mol. The molecule has 0 amide bonds. The summed E-state index contributed by atoms with van der Waals surface area (Å²) in [6.07, 6.45) is 10.4. The van der Waals surface area contributed by atoms with Gasteiger partial charge in [0.25, 0.3) is 0 Å². The Morgan fingerprint density at radius 3 is 2.45 bits per heavy atom. The van der Waals surface area contributed by atoms with Crippen LogP contribution in [-0.2, 0) is 6.54 Å². The van der Waals surface area contributed by atoms with E-state index in [1.54, 1.807) is 0 Å². The number of hydrogen-bond acceptors (Lipinski definition) is 2. The van der Waals surface area contributed by atoms with Crippen LogP contribution < -0.4 is 5.32 Å². The molecule has 0 radical (unpaired) electrons. The smallest absolute Gasteiger partial charge is 0.0541 e. The van der Waals surface area contributed by atoms with Crippen LogP contribution >= 0.6 is 0 Å². The van der Waals surface area contributed by atoms with Crippen LogP contribution in [0, 0.1) is 16.7 Å². The summed E-state index contributed by atoms with van der Waals surface area (Å²) in [6, 6.07) is 6.22. The molecule has 2 heteroatoms. The highest BCUT2D eigenvalue weighted by molar-refractivity contribution is 5.15.